The molecule has 1 aliphatic rings. The van der Waals surface area contributed by atoms with Crippen LogP contribution in [-0.2, 0) is 0 Å². The Balaban J connectivity index is 1.44. The molecule has 1 saturated heterocycles. The summed E-state index contributed by atoms with van der Waals surface area (Å²) in [6.45, 7) is 1.33. The van der Waals surface area contributed by atoms with Gasteiger partial charge < -0.3 is 9.64 Å². The summed E-state index contributed by atoms with van der Waals surface area (Å²) < 4.78 is 5.91. The van der Waals surface area contributed by atoms with Crippen LogP contribution in [0, 0.1) is 0 Å². The van der Waals surface area contributed by atoms with Gasteiger partial charge in [0, 0.05) is 37.7 Å². The summed E-state index contributed by atoms with van der Waals surface area (Å²) >= 11 is 6.11. The van der Waals surface area contributed by atoms with Crippen LogP contribution in [0.4, 0.5) is 0 Å². The number of pyridine rings is 1. The minimum atomic E-state index is 0.0268. The average Bonchev–Trinajstić information content (AvgIpc) is 2.69. The maximum absolute atomic E-state index is 13.0. The maximum Gasteiger partial charge on any atom is 0.254 e. The Kier molecular flexibility index (Phi) is 4.76. The number of amides is 1. The monoisotopic (exact) mass is 366 g/mol. The Morgan fingerprint density at radius 1 is 1.04 bits per heavy atom. The molecule has 0 radical (unpaired) electrons. The number of aromatic nitrogens is 1. The number of fused-ring (bicyclic) bond motifs is 1. The van der Waals surface area contributed by atoms with E-state index in [4.69, 9.17) is 16.3 Å². The van der Waals surface area contributed by atoms with E-state index in [2.05, 4.69) is 4.98 Å². The van der Waals surface area contributed by atoms with E-state index < -0.39 is 0 Å². The average molecular weight is 367 g/mol. The third-order valence-electron chi connectivity index (χ3n) is 4.75. The molecule has 0 aliphatic carbocycles. The fourth-order valence-corrected chi connectivity index (χ4v) is 3.54. The zero-order chi connectivity index (χ0) is 17.9. The van der Waals surface area contributed by atoms with Crippen LogP contribution in [0.1, 0.15) is 23.2 Å². The summed E-state index contributed by atoms with van der Waals surface area (Å²) in [5, 5.41) is 2.60. The first kappa shape index (κ1) is 16.9. The Hall–Kier alpha value is -2.59. The highest BCUT2D eigenvalue weighted by molar-refractivity contribution is 6.31. The molecule has 1 aliphatic heterocycles. The van der Waals surface area contributed by atoms with Crippen molar-refractivity contribution in [1.82, 2.24) is 9.88 Å². The first-order valence-electron chi connectivity index (χ1n) is 8.76. The van der Waals surface area contributed by atoms with Crippen molar-refractivity contribution in [2.75, 3.05) is 13.1 Å². The molecule has 26 heavy (non-hydrogen) atoms. The zero-order valence-corrected chi connectivity index (χ0v) is 15.0. The molecule has 0 spiro atoms. The molecule has 0 N–H and O–H groups in total. The van der Waals surface area contributed by atoms with Crippen molar-refractivity contribution in [2.45, 2.75) is 18.9 Å². The number of likely N-dealkylation sites (tertiary alicyclic amines) is 1. The number of rotatable bonds is 3. The van der Waals surface area contributed by atoms with E-state index in [0.717, 1.165) is 29.2 Å². The Morgan fingerprint density at radius 3 is 2.62 bits per heavy atom. The van der Waals surface area contributed by atoms with E-state index in [-0.39, 0.29) is 12.0 Å². The minimum absolute atomic E-state index is 0.0268. The topological polar surface area (TPSA) is 42.4 Å². The number of benzene rings is 2. The van der Waals surface area contributed by atoms with Crippen LogP contribution in [0.3, 0.4) is 0 Å². The lowest BCUT2D eigenvalue weighted by atomic mass is 10.0. The highest BCUT2D eigenvalue weighted by Crippen LogP contribution is 2.26. The molecule has 0 unspecified atom stereocenters. The number of ether oxygens (including phenoxy) is 1. The van der Waals surface area contributed by atoms with Gasteiger partial charge in [-0.1, -0.05) is 48.0 Å². The zero-order valence-electron chi connectivity index (χ0n) is 14.3. The van der Waals surface area contributed by atoms with Crippen LogP contribution in [0.2, 0.25) is 5.02 Å². The van der Waals surface area contributed by atoms with Gasteiger partial charge in [0.25, 0.3) is 5.91 Å². The number of halogens is 1. The van der Waals surface area contributed by atoms with Crippen molar-refractivity contribution in [2.24, 2.45) is 0 Å². The molecule has 4 rings (SSSR count). The van der Waals surface area contributed by atoms with E-state index in [9.17, 15) is 4.79 Å². The van der Waals surface area contributed by atoms with Crippen molar-refractivity contribution < 1.29 is 9.53 Å². The standard InChI is InChI=1S/C21H19ClN2O2/c22-19-9-4-12-23-20(19)26-16-10-13-24(14-11-16)21(25)18-8-3-6-15-5-1-2-7-17(15)18/h1-9,12,16H,10-11,13-14H2. The molecular weight excluding hydrogens is 348 g/mol. The number of hydrogen-bond acceptors (Lipinski definition) is 3. The quantitative estimate of drug-likeness (QED) is 0.681. The molecule has 4 nitrogen and oxygen atoms in total. The smallest absolute Gasteiger partial charge is 0.254 e. The molecule has 0 saturated carbocycles. The minimum Gasteiger partial charge on any atom is -0.473 e. The van der Waals surface area contributed by atoms with E-state index >= 15 is 0 Å². The second-order valence-electron chi connectivity index (χ2n) is 6.43. The van der Waals surface area contributed by atoms with Crippen LogP contribution in [0.25, 0.3) is 10.8 Å². The first-order chi connectivity index (χ1) is 12.7. The molecule has 3 aromatic rings. The Morgan fingerprint density at radius 2 is 1.81 bits per heavy atom. The highest BCUT2D eigenvalue weighted by Gasteiger charge is 2.26. The number of piperidine rings is 1. The molecule has 0 atom stereocenters. The highest BCUT2D eigenvalue weighted by atomic mass is 35.5. The van der Waals surface area contributed by atoms with Gasteiger partial charge in [-0.15, -0.1) is 0 Å². The second kappa shape index (κ2) is 7.34. The molecule has 132 valence electrons. The van der Waals surface area contributed by atoms with Gasteiger partial charge in [0.15, 0.2) is 0 Å². The lowest BCUT2D eigenvalue weighted by molar-refractivity contribution is 0.0590. The summed E-state index contributed by atoms with van der Waals surface area (Å²) in [6, 6.07) is 17.4. The molecule has 1 fully saturated rings. The lowest BCUT2D eigenvalue weighted by Crippen LogP contribution is -2.41. The number of nitrogens with zero attached hydrogens (tertiary/aromatic N) is 2. The van der Waals surface area contributed by atoms with E-state index in [1.165, 1.54) is 0 Å². The van der Waals surface area contributed by atoms with Crippen LogP contribution < -0.4 is 4.74 Å². The Labute approximate surface area is 157 Å². The number of carbonyl (C=O) groups excluding carboxylic acids is 1. The van der Waals surface area contributed by atoms with Gasteiger partial charge in [0.2, 0.25) is 5.88 Å². The SMILES string of the molecule is O=C(c1cccc2ccccc12)N1CCC(Oc2ncccc2Cl)CC1. The fraction of sp³-hybridized carbons (Fsp3) is 0.238. The van der Waals surface area contributed by atoms with E-state index in [1.54, 1.807) is 18.3 Å². The van der Waals surface area contributed by atoms with Gasteiger partial charge in [0.05, 0.1) is 0 Å². The van der Waals surface area contributed by atoms with Crippen molar-refractivity contribution in [3.8, 4) is 5.88 Å². The molecule has 1 amide bonds. The van der Waals surface area contributed by atoms with E-state index in [1.807, 2.05) is 47.4 Å². The van der Waals surface area contributed by atoms with Gasteiger partial charge in [0.1, 0.15) is 11.1 Å². The van der Waals surface area contributed by atoms with E-state index in [0.29, 0.717) is 24.0 Å². The maximum atomic E-state index is 13.0. The lowest BCUT2D eigenvalue weighted by Gasteiger charge is -2.32. The van der Waals surface area contributed by atoms with Crippen molar-refractivity contribution >= 4 is 28.3 Å². The fourth-order valence-electron chi connectivity index (χ4n) is 3.37. The summed E-state index contributed by atoms with van der Waals surface area (Å²) in [5.74, 6) is 0.545. The largest absolute Gasteiger partial charge is 0.473 e. The molecule has 2 aromatic carbocycles. The van der Waals surface area contributed by atoms with Crippen LogP contribution in [0.15, 0.2) is 60.8 Å². The Bertz CT molecular complexity index is 931. The van der Waals surface area contributed by atoms with Crippen LogP contribution in [-0.4, -0.2) is 35.0 Å². The van der Waals surface area contributed by atoms with Gasteiger partial charge in [-0.3, -0.25) is 4.79 Å². The summed E-state index contributed by atoms with van der Waals surface area (Å²) in [5.41, 5.74) is 0.759. The number of carbonyl (C=O) groups is 1. The van der Waals surface area contributed by atoms with Crippen molar-refractivity contribution in [3.63, 3.8) is 0 Å². The van der Waals surface area contributed by atoms with Gasteiger partial charge >= 0.3 is 0 Å². The van der Waals surface area contributed by atoms with Crippen LogP contribution in [0.5, 0.6) is 5.88 Å². The molecular formula is C21H19ClN2O2. The summed E-state index contributed by atoms with van der Waals surface area (Å²) in [6.07, 6.45) is 3.23. The third kappa shape index (κ3) is 3.37. The summed E-state index contributed by atoms with van der Waals surface area (Å²) in [4.78, 5) is 19.1. The van der Waals surface area contributed by atoms with Crippen molar-refractivity contribution in [1.29, 1.82) is 0 Å². The second-order valence-corrected chi connectivity index (χ2v) is 6.83. The van der Waals surface area contributed by atoms with Crippen molar-refractivity contribution in [3.05, 3.63) is 71.4 Å². The molecule has 1 aromatic heterocycles. The predicted octanol–water partition coefficient (Wildman–Crippen LogP) is 4.57. The third-order valence-corrected chi connectivity index (χ3v) is 5.04. The predicted molar refractivity (Wildman–Crippen MR) is 103 cm³/mol. The number of hydrogen-bond donors (Lipinski definition) is 0. The van der Waals surface area contributed by atoms with Crippen LogP contribution >= 0.6 is 11.6 Å². The van der Waals surface area contributed by atoms with Gasteiger partial charge in [-0.2, -0.15) is 0 Å². The summed E-state index contributed by atoms with van der Waals surface area (Å²) in [7, 11) is 0. The van der Waals surface area contributed by atoms with Gasteiger partial charge in [-0.25, -0.2) is 4.98 Å². The molecule has 0 bridgehead atoms. The normalized spacial score (nSPS) is 15.2. The molecule has 2 heterocycles. The molecule has 5 heteroatoms. The van der Waals surface area contributed by atoms with Gasteiger partial charge in [-0.05, 0) is 29.0 Å². The first-order valence-corrected chi connectivity index (χ1v) is 9.14.